The van der Waals surface area contributed by atoms with E-state index in [4.69, 9.17) is 15.5 Å². The maximum absolute atomic E-state index is 14.0. The maximum Gasteiger partial charge on any atom is 0.254 e. The van der Waals surface area contributed by atoms with E-state index in [9.17, 15) is 9.59 Å². The molecule has 2 aliphatic heterocycles. The zero-order valence-corrected chi connectivity index (χ0v) is 28.4. The first-order chi connectivity index (χ1) is 23.7. The molecule has 49 heavy (non-hydrogen) atoms. The minimum Gasteiger partial charge on any atom is -0.494 e. The molecule has 3 atom stereocenters. The number of methoxy groups -OCH3 is 1. The number of fused-ring (bicyclic) bond motifs is 4. The Kier molecular flexibility index (Phi) is 7.09. The molecule has 4 aliphatic rings. The van der Waals surface area contributed by atoms with E-state index in [0.717, 1.165) is 53.3 Å². The van der Waals surface area contributed by atoms with Crippen LogP contribution in [0.2, 0.25) is 0 Å². The number of pyridine rings is 1. The van der Waals surface area contributed by atoms with Gasteiger partial charge in [0.05, 0.1) is 18.3 Å². The van der Waals surface area contributed by atoms with Gasteiger partial charge in [-0.15, -0.1) is 0 Å². The topological polar surface area (TPSA) is 112 Å². The summed E-state index contributed by atoms with van der Waals surface area (Å²) >= 11 is 0. The van der Waals surface area contributed by atoms with E-state index in [-0.39, 0.29) is 29.8 Å². The first-order valence-corrected chi connectivity index (χ1v) is 17.7. The summed E-state index contributed by atoms with van der Waals surface area (Å²) in [5.41, 5.74) is 13.3. The van der Waals surface area contributed by atoms with Crippen LogP contribution in [-0.4, -0.2) is 79.5 Å². The molecule has 5 heterocycles. The number of aryl methyl sites for hydroxylation is 2. The molecule has 2 N–H and O–H groups in total. The summed E-state index contributed by atoms with van der Waals surface area (Å²) < 4.78 is 10.8. The summed E-state index contributed by atoms with van der Waals surface area (Å²) in [7, 11) is 1.67. The highest BCUT2D eigenvalue weighted by Gasteiger charge is 2.47. The number of rotatable bonds is 8. The first-order valence-electron chi connectivity index (χ1n) is 17.7. The summed E-state index contributed by atoms with van der Waals surface area (Å²) in [6, 6.07) is 18.5. The molecule has 2 aromatic carbocycles. The average Bonchev–Trinajstić information content (AvgIpc) is 3.43. The van der Waals surface area contributed by atoms with Crippen LogP contribution in [0.25, 0.3) is 33.5 Å². The van der Waals surface area contributed by atoms with Gasteiger partial charge < -0.3 is 29.4 Å². The van der Waals surface area contributed by atoms with Crippen molar-refractivity contribution >= 4 is 33.8 Å². The van der Waals surface area contributed by atoms with Crippen molar-refractivity contribution in [3.05, 3.63) is 77.1 Å². The molecular formula is C39H43N7O3. The predicted molar refractivity (Wildman–Crippen MR) is 189 cm³/mol. The lowest BCUT2D eigenvalue weighted by atomic mass is 9.98. The molecule has 10 heteroatoms. The molecule has 3 unspecified atom stereocenters. The molecule has 4 fully saturated rings. The summed E-state index contributed by atoms with van der Waals surface area (Å²) in [6.45, 7) is 7.48. The molecule has 2 amide bonds. The van der Waals surface area contributed by atoms with Crippen molar-refractivity contribution < 1.29 is 14.3 Å². The largest absolute Gasteiger partial charge is 0.494 e. The monoisotopic (exact) mass is 657 g/mol. The van der Waals surface area contributed by atoms with Crippen LogP contribution in [-0.2, 0) is 13.1 Å². The average molecular weight is 658 g/mol. The summed E-state index contributed by atoms with van der Waals surface area (Å²) in [4.78, 5) is 41.1. The van der Waals surface area contributed by atoms with Crippen LogP contribution in [0.1, 0.15) is 57.8 Å². The Bertz CT molecular complexity index is 2120. The van der Waals surface area contributed by atoms with Gasteiger partial charge >= 0.3 is 0 Å². The van der Waals surface area contributed by atoms with E-state index in [1.807, 2.05) is 47.9 Å². The minimum atomic E-state index is -0.00321. The fourth-order valence-electron chi connectivity index (χ4n) is 8.73. The van der Waals surface area contributed by atoms with E-state index in [0.29, 0.717) is 54.9 Å². The molecule has 252 valence electrons. The lowest BCUT2D eigenvalue weighted by Gasteiger charge is -2.40. The number of benzene rings is 2. The van der Waals surface area contributed by atoms with Crippen LogP contribution in [0, 0.1) is 31.6 Å². The van der Waals surface area contributed by atoms with Crippen molar-refractivity contribution in [1.29, 1.82) is 0 Å². The number of nitrogens with zero attached hydrogens (tertiary/aromatic N) is 6. The van der Waals surface area contributed by atoms with Crippen molar-refractivity contribution in [2.75, 3.05) is 26.7 Å². The highest BCUT2D eigenvalue weighted by molar-refractivity contribution is 6.01. The van der Waals surface area contributed by atoms with Crippen LogP contribution >= 0.6 is 0 Å². The number of hydrogen-bond donors (Lipinski definition) is 1. The van der Waals surface area contributed by atoms with Gasteiger partial charge in [0.15, 0.2) is 5.82 Å². The number of carbonyl (C=O) groups is 2. The molecule has 9 rings (SSSR count). The van der Waals surface area contributed by atoms with Crippen LogP contribution in [0.3, 0.4) is 0 Å². The zero-order chi connectivity index (χ0) is 33.6. The fraction of sp³-hybridized carbons (Fsp3) is 0.436. The molecule has 10 nitrogen and oxygen atoms in total. The molecule has 3 aromatic heterocycles. The lowest BCUT2D eigenvalue weighted by Crippen LogP contribution is -2.51. The lowest BCUT2D eigenvalue weighted by molar-refractivity contribution is 0.0471. The highest BCUT2D eigenvalue weighted by atomic mass is 16.5. The van der Waals surface area contributed by atoms with Crippen LogP contribution in [0.4, 0.5) is 0 Å². The summed E-state index contributed by atoms with van der Waals surface area (Å²) in [6.07, 6.45) is 4.54. The molecule has 5 aromatic rings. The number of ether oxygens (including phenoxy) is 1. The standard InChI is InChI=1S/C39H43N7O3/c1-22-12-28(13-23(2)41-22)38(47)43-17-25(18-43)20-46-36-30(14-29(16-34(36)49-3)39(48)45-21-27-10-11-32(45)35(27)40)42-37(46)33-15-26-6-4-5-7-31(26)44(33)19-24-8-9-24/h4-7,12-16,24-25,27,32,35H,8-11,17-21,40H2,1-3H3. The zero-order valence-electron chi connectivity index (χ0n) is 28.4. The van der Waals surface area contributed by atoms with Crippen molar-refractivity contribution in [2.24, 2.45) is 23.5 Å². The number of likely N-dealkylation sites (tertiary alicyclic amines) is 2. The van der Waals surface area contributed by atoms with Gasteiger partial charge in [-0.1, -0.05) is 18.2 Å². The summed E-state index contributed by atoms with van der Waals surface area (Å²) in [5, 5.41) is 1.18. The quantitative estimate of drug-likeness (QED) is 0.239. The second kappa shape index (κ2) is 11.4. The summed E-state index contributed by atoms with van der Waals surface area (Å²) in [5.74, 6) is 2.81. The second-order valence-corrected chi connectivity index (χ2v) is 14.9. The van der Waals surface area contributed by atoms with Gasteiger partial charge in [0.1, 0.15) is 11.3 Å². The number of piperidine rings is 1. The predicted octanol–water partition coefficient (Wildman–Crippen LogP) is 5.42. The third kappa shape index (κ3) is 5.10. The van der Waals surface area contributed by atoms with Crippen molar-refractivity contribution in [3.63, 3.8) is 0 Å². The Morgan fingerprint density at radius 1 is 0.837 bits per heavy atom. The van der Waals surface area contributed by atoms with Gasteiger partial charge in [-0.25, -0.2) is 4.98 Å². The molecule has 0 spiro atoms. The molecule has 0 radical (unpaired) electrons. The highest BCUT2D eigenvalue weighted by Crippen LogP contribution is 2.41. The number of hydrogen-bond acceptors (Lipinski definition) is 6. The van der Waals surface area contributed by atoms with Crippen molar-refractivity contribution in [3.8, 4) is 17.3 Å². The Labute approximate surface area is 285 Å². The Morgan fingerprint density at radius 2 is 1.57 bits per heavy atom. The normalized spacial score (nSPS) is 22.0. The van der Waals surface area contributed by atoms with Crippen LogP contribution in [0.5, 0.6) is 5.75 Å². The smallest absolute Gasteiger partial charge is 0.254 e. The number of amides is 2. The van der Waals surface area contributed by atoms with Crippen LogP contribution in [0.15, 0.2) is 54.6 Å². The van der Waals surface area contributed by atoms with E-state index < -0.39 is 0 Å². The van der Waals surface area contributed by atoms with Crippen molar-refractivity contribution in [2.45, 2.75) is 64.7 Å². The minimum absolute atomic E-state index is 0.00321. The van der Waals surface area contributed by atoms with E-state index in [1.54, 1.807) is 7.11 Å². The molecule has 2 bridgehead atoms. The van der Waals surface area contributed by atoms with Gasteiger partial charge in [0.25, 0.3) is 11.8 Å². The van der Waals surface area contributed by atoms with E-state index >= 15 is 0 Å². The fourth-order valence-corrected chi connectivity index (χ4v) is 8.73. The second-order valence-electron chi connectivity index (χ2n) is 14.9. The Balaban J connectivity index is 1.11. The number of nitrogens with two attached hydrogens (primary N) is 1. The molecule has 2 aliphatic carbocycles. The number of imidazole rings is 1. The van der Waals surface area contributed by atoms with Gasteiger partial charge in [0, 0.05) is 84.1 Å². The SMILES string of the molecule is COc1cc(C(=O)N2CC3CCC2C3N)cc2nc(-c3cc4ccccc4n3CC3CC3)n(CC3CN(C(=O)c4cc(C)nc(C)c4)C3)c12. The number of carbonyl (C=O) groups excluding carboxylic acids is 2. The Morgan fingerprint density at radius 3 is 2.27 bits per heavy atom. The third-order valence-corrected chi connectivity index (χ3v) is 11.4. The Hall–Kier alpha value is -4.70. The maximum atomic E-state index is 14.0. The van der Waals surface area contributed by atoms with Gasteiger partial charge in [-0.3, -0.25) is 14.6 Å². The van der Waals surface area contributed by atoms with E-state index in [2.05, 4.69) is 44.5 Å². The van der Waals surface area contributed by atoms with Gasteiger partial charge in [-0.05, 0) is 87.8 Å². The first kappa shape index (κ1) is 30.4. The van der Waals surface area contributed by atoms with Crippen molar-refractivity contribution in [1.82, 2.24) is 28.9 Å². The molecule has 2 saturated heterocycles. The van der Waals surface area contributed by atoms with E-state index in [1.165, 1.54) is 23.7 Å². The molecule has 2 saturated carbocycles. The van der Waals surface area contributed by atoms with Crippen LogP contribution < -0.4 is 10.5 Å². The molecular weight excluding hydrogens is 614 g/mol. The third-order valence-electron chi connectivity index (χ3n) is 11.4. The van der Waals surface area contributed by atoms with Gasteiger partial charge in [-0.2, -0.15) is 0 Å². The van der Waals surface area contributed by atoms with Gasteiger partial charge in [0.2, 0.25) is 0 Å². The number of para-hydroxylation sites is 1. The number of aromatic nitrogens is 4.